The van der Waals surface area contributed by atoms with E-state index in [-0.39, 0.29) is 16.7 Å². The van der Waals surface area contributed by atoms with Crippen molar-refractivity contribution in [2.75, 3.05) is 0 Å². The minimum Gasteiger partial charge on any atom is -0.243 e. The van der Waals surface area contributed by atoms with Crippen LogP contribution < -0.4 is 0 Å². The maximum Gasteiger partial charge on any atom is 0.417 e. The van der Waals surface area contributed by atoms with Gasteiger partial charge in [0.1, 0.15) is 0 Å². The zero-order valence-electron chi connectivity index (χ0n) is 14.8. The maximum absolute atomic E-state index is 13.8. The third-order valence-corrected chi connectivity index (χ3v) is 4.75. The molecule has 4 rings (SSSR count). The molecule has 2 aromatic heterocycles. The number of aryl methyl sites for hydroxylation is 1. The summed E-state index contributed by atoms with van der Waals surface area (Å²) < 4.78 is 42.9. The molecule has 0 saturated heterocycles. The van der Waals surface area contributed by atoms with Gasteiger partial charge in [0.25, 0.3) is 0 Å². The van der Waals surface area contributed by atoms with E-state index in [1.165, 1.54) is 4.68 Å². The molecule has 0 bridgehead atoms. The van der Waals surface area contributed by atoms with Gasteiger partial charge in [-0.1, -0.05) is 54.1 Å². The highest BCUT2D eigenvalue weighted by Crippen LogP contribution is 2.38. The Kier molecular flexibility index (Phi) is 4.59. The number of rotatable bonds is 3. The van der Waals surface area contributed by atoms with Gasteiger partial charge in [0, 0.05) is 10.6 Å². The van der Waals surface area contributed by atoms with Gasteiger partial charge in [0.05, 0.1) is 28.9 Å². The predicted molar refractivity (Wildman–Crippen MR) is 103 cm³/mol. The largest absolute Gasteiger partial charge is 0.417 e. The highest BCUT2D eigenvalue weighted by Gasteiger charge is 2.35. The van der Waals surface area contributed by atoms with E-state index in [2.05, 4.69) is 10.1 Å². The highest BCUT2D eigenvalue weighted by molar-refractivity contribution is 6.30. The lowest BCUT2D eigenvalue weighted by molar-refractivity contribution is -0.136. The molecular weight excluding hydrogens is 387 g/mol. The van der Waals surface area contributed by atoms with Crippen LogP contribution in [0.3, 0.4) is 0 Å². The highest BCUT2D eigenvalue weighted by atomic mass is 35.5. The number of fused-ring (bicyclic) bond motifs is 1. The number of pyridine rings is 1. The van der Waals surface area contributed by atoms with E-state index in [9.17, 15) is 13.2 Å². The second kappa shape index (κ2) is 6.95. The monoisotopic (exact) mass is 401 g/mol. The molecule has 2 heterocycles. The van der Waals surface area contributed by atoms with E-state index in [0.29, 0.717) is 22.8 Å². The summed E-state index contributed by atoms with van der Waals surface area (Å²) in [5, 5.41) is 4.88. The van der Waals surface area contributed by atoms with Crippen molar-refractivity contribution in [2.45, 2.75) is 19.6 Å². The van der Waals surface area contributed by atoms with E-state index in [1.807, 2.05) is 30.3 Å². The maximum atomic E-state index is 13.8. The lowest BCUT2D eigenvalue weighted by Crippen LogP contribution is -2.08. The summed E-state index contributed by atoms with van der Waals surface area (Å²) in [7, 11) is 0. The fraction of sp³-hybridized carbons (Fsp3) is 0.143. The summed E-state index contributed by atoms with van der Waals surface area (Å²) in [5.74, 6) is 0. The molecule has 0 aliphatic heterocycles. The third kappa shape index (κ3) is 3.47. The van der Waals surface area contributed by atoms with Crippen LogP contribution in [0.5, 0.6) is 0 Å². The number of hydrogen-bond donors (Lipinski definition) is 0. The first kappa shape index (κ1) is 18.5. The number of nitrogens with zero attached hydrogens (tertiary/aromatic N) is 3. The Balaban J connectivity index is 1.95. The van der Waals surface area contributed by atoms with E-state index >= 15 is 0 Å². The number of benzene rings is 2. The van der Waals surface area contributed by atoms with Crippen LogP contribution in [0.4, 0.5) is 13.2 Å². The summed E-state index contributed by atoms with van der Waals surface area (Å²) in [6.45, 7) is 1.91. The fourth-order valence-electron chi connectivity index (χ4n) is 3.21. The van der Waals surface area contributed by atoms with Crippen molar-refractivity contribution in [3.63, 3.8) is 0 Å². The van der Waals surface area contributed by atoms with Crippen LogP contribution in [-0.2, 0) is 12.7 Å². The molecule has 0 unspecified atom stereocenters. The Labute approximate surface area is 164 Å². The van der Waals surface area contributed by atoms with Crippen molar-refractivity contribution in [1.29, 1.82) is 0 Å². The lowest BCUT2D eigenvalue weighted by Gasteiger charge is -2.12. The van der Waals surface area contributed by atoms with Crippen molar-refractivity contribution in [1.82, 2.24) is 14.8 Å². The van der Waals surface area contributed by atoms with E-state index in [1.54, 1.807) is 31.2 Å². The Hall–Kier alpha value is -2.86. The Morgan fingerprint density at radius 1 is 1.00 bits per heavy atom. The molecule has 0 amide bonds. The zero-order chi connectivity index (χ0) is 19.9. The molecule has 0 atom stereocenters. The number of aromatic nitrogens is 3. The van der Waals surface area contributed by atoms with E-state index < -0.39 is 11.7 Å². The predicted octanol–water partition coefficient (Wildman–Crippen LogP) is 6.13. The molecular formula is C21H15ClF3N3. The standard InChI is InChI=1S/C21H15ClF3N3/c1-13-19-17(21(23,24)25)11-18(15-7-9-16(22)10-8-15)26-20(19)28(27-13)12-14-5-3-2-4-6-14/h2-11H,12H2,1H3. The fourth-order valence-corrected chi connectivity index (χ4v) is 3.34. The van der Waals surface area contributed by atoms with E-state index in [0.717, 1.165) is 11.6 Å². The van der Waals surface area contributed by atoms with Gasteiger partial charge < -0.3 is 0 Å². The lowest BCUT2D eigenvalue weighted by atomic mass is 10.1. The van der Waals surface area contributed by atoms with Crippen molar-refractivity contribution < 1.29 is 13.2 Å². The molecule has 0 N–H and O–H groups in total. The number of alkyl halides is 3. The van der Waals surface area contributed by atoms with Crippen molar-refractivity contribution >= 4 is 22.6 Å². The molecule has 0 aliphatic carbocycles. The van der Waals surface area contributed by atoms with Crippen LogP contribution in [0, 0.1) is 6.92 Å². The summed E-state index contributed by atoms with van der Waals surface area (Å²) in [4.78, 5) is 4.52. The van der Waals surface area contributed by atoms with Crippen LogP contribution in [0.2, 0.25) is 5.02 Å². The van der Waals surface area contributed by atoms with E-state index in [4.69, 9.17) is 11.6 Å². The normalized spacial score (nSPS) is 11.9. The van der Waals surface area contributed by atoms with Crippen LogP contribution >= 0.6 is 11.6 Å². The number of halogens is 4. The van der Waals surface area contributed by atoms with Crippen molar-refractivity contribution in [3.05, 3.63) is 82.5 Å². The average molecular weight is 402 g/mol. The Morgan fingerprint density at radius 3 is 2.32 bits per heavy atom. The van der Waals surface area contributed by atoms with Gasteiger partial charge in [0.15, 0.2) is 5.65 Å². The molecule has 4 aromatic rings. The quantitative estimate of drug-likeness (QED) is 0.413. The molecule has 3 nitrogen and oxygen atoms in total. The second-order valence-corrected chi connectivity index (χ2v) is 6.92. The molecule has 0 aliphatic rings. The van der Waals surface area contributed by atoms with Crippen molar-refractivity contribution in [3.8, 4) is 11.3 Å². The van der Waals surface area contributed by atoms with Crippen LogP contribution in [0.15, 0.2) is 60.7 Å². The van der Waals surface area contributed by atoms with Crippen LogP contribution in [-0.4, -0.2) is 14.8 Å². The SMILES string of the molecule is Cc1nn(Cc2ccccc2)c2nc(-c3ccc(Cl)cc3)cc(C(F)(F)F)c12. The summed E-state index contributed by atoms with van der Waals surface area (Å²) in [5.41, 5.74) is 1.49. The van der Waals surface area contributed by atoms with Crippen LogP contribution in [0.25, 0.3) is 22.3 Å². The molecule has 28 heavy (non-hydrogen) atoms. The first-order chi connectivity index (χ1) is 13.3. The van der Waals surface area contributed by atoms with Crippen LogP contribution in [0.1, 0.15) is 16.8 Å². The Morgan fingerprint density at radius 2 is 1.68 bits per heavy atom. The molecule has 0 fully saturated rings. The first-order valence-corrected chi connectivity index (χ1v) is 8.96. The molecule has 0 radical (unpaired) electrons. The minimum absolute atomic E-state index is 0.0288. The van der Waals surface area contributed by atoms with Gasteiger partial charge >= 0.3 is 6.18 Å². The van der Waals surface area contributed by atoms with Crippen molar-refractivity contribution in [2.24, 2.45) is 0 Å². The summed E-state index contributed by atoms with van der Waals surface area (Å²) in [6, 6.07) is 17.1. The summed E-state index contributed by atoms with van der Waals surface area (Å²) in [6.07, 6.45) is -4.52. The molecule has 142 valence electrons. The number of hydrogen-bond acceptors (Lipinski definition) is 2. The third-order valence-electron chi connectivity index (χ3n) is 4.50. The smallest absolute Gasteiger partial charge is 0.243 e. The van der Waals surface area contributed by atoms with Gasteiger partial charge in [0.2, 0.25) is 0 Å². The zero-order valence-corrected chi connectivity index (χ0v) is 15.6. The molecule has 7 heteroatoms. The summed E-state index contributed by atoms with van der Waals surface area (Å²) >= 11 is 5.90. The molecule has 0 saturated carbocycles. The topological polar surface area (TPSA) is 30.7 Å². The van der Waals surface area contributed by atoms with Gasteiger partial charge in [-0.15, -0.1) is 0 Å². The average Bonchev–Trinajstić information content (AvgIpc) is 2.97. The minimum atomic E-state index is -4.52. The molecule has 2 aromatic carbocycles. The second-order valence-electron chi connectivity index (χ2n) is 6.49. The molecule has 0 spiro atoms. The van der Waals surface area contributed by atoms with Gasteiger partial charge in [-0.05, 0) is 30.7 Å². The first-order valence-electron chi connectivity index (χ1n) is 8.58. The Bertz CT molecular complexity index is 1130. The van der Waals surface area contributed by atoms with Gasteiger partial charge in [-0.25, -0.2) is 9.67 Å². The van der Waals surface area contributed by atoms with Gasteiger partial charge in [-0.2, -0.15) is 18.3 Å². The van der Waals surface area contributed by atoms with Gasteiger partial charge in [-0.3, -0.25) is 0 Å².